The summed E-state index contributed by atoms with van der Waals surface area (Å²) in [6.07, 6.45) is 0. The molecule has 3 rings (SSSR count). The van der Waals surface area contributed by atoms with Crippen molar-refractivity contribution in [2.75, 3.05) is 11.1 Å². The Bertz CT molecular complexity index is 1020. The molecule has 29 heavy (non-hydrogen) atoms. The van der Waals surface area contributed by atoms with Crippen molar-refractivity contribution in [3.8, 4) is 0 Å². The van der Waals surface area contributed by atoms with Crippen LogP contribution < -0.4 is 10.6 Å². The van der Waals surface area contributed by atoms with Gasteiger partial charge in [-0.2, -0.15) is 0 Å². The van der Waals surface area contributed by atoms with Gasteiger partial charge >= 0.3 is 0 Å². The molecule has 150 valence electrons. The lowest BCUT2D eigenvalue weighted by Gasteiger charge is -2.08. The predicted molar refractivity (Wildman–Crippen MR) is 109 cm³/mol. The van der Waals surface area contributed by atoms with Gasteiger partial charge in [-0.05, 0) is 36.8 Å². The van der Waals surface area contributed by atoms with Gasteiger partial charge in [-0.15, -0.1) is 10.2 Å². The first-order valence-electron chi connectivity index (χ1n) is 8.84. The average Bonchev–Trinajstić information content (AvgIpc) is 3.07. The number of rotatable bonds is 7. The molecule has 3 aromatic rings. The highest BCUT2D eigenvalue weighted by atomic mass is 32.2. The highest BCUT2D eigenvalue weighted by Gasteiger charge is 2.13. The maximum Gasteiger partial charge on any atom is 0.251 e. The molecule has 0 radical (unpaired) electrons. The van der Waals surface area contributed by atoms with Crippen LogP contribution in [-0.2, 0) is 18.4 Å². The summed E-state index contributed by atoms with van der Waals surface area (Å²) in [5.41, 5.74) is 1.78. The normalized spacial score (nSPS) is 10.6. The standard InChI is InChI=1S/C20H20FN5O2S/c1-13-8-9-15(21)10-16(13)23-18(27)12-29-20-25-24-17(26(20)2)11-22-19(28)14-6-4-3-5-7-14/h3-10H,11-12H2,1-2H3,(H,22,28)(H,23,27). The smallest absolute Gasteiger partial charge is 0.251 e. The maximum atomic E-state index is 13.3. The van der Waals surface area contributed by atoms with Gasteiger partial charge in [-0.3, -0.25) is 9.59 Å². The highest BCUT2D eigenvalue weighted by molar-refractivity contribution is 7.99. The minimum Gasteiger partial charge on any atom is -0.345 e. The van der Waals surface area contributed by atoms with E-state index in [-0.39, 0.29) is 24.1 Å². The van der Waals surface area contributed by atoms with Crippen LogP contribution in [0.25, 0.3) is 0 Å². The number of amides is 2. The molecule has 9 heteroatoms. The molecule has 0 aliphatic rings. The van der Waals surface area contributed by atoms with Gasteiger partial charge in [0.25, 0.3) is 5.91 Å². The van der Waals surface area contributed by atoms with E-state index in [2.05, 4.69) is 20.8 Å². The number of benzene rings is 2. The van der Waals surface area contributed by atoms with Gasteiger partial charge in [0.15, 0.2) is 11.0 Å². The lowest BCUT2D eigenvalue weighted by atomic mass is 10.2. The predicted octanol–water partition coefficient (Wildman–Crippen LogP) is 2.92. The van der Waals surface area contributed by atoms with E-state index in [4.69, 9.17) is 0 Å². The number of anilines is 1. The molecule has 2 aromatic carbocycles. The number of halogens is 1. The first kappa shape index (κ1) is 20.5. The molecule has 0 saturated carbocycles. The van der Waals surface area contributed by atoms with Gasteiger partial charge in [-0.25, -0.2) is 4.39 Å². The summed E-state index contributed by atoms with van der Waals surface area (Å²) in [6, 6.07) is 13.1. The summed E-state index contributed by atoms with van der Waals surface area (Å²) in [7, 11) is 1.76. The Balaban J connectivity index is 1.53. The quantitative estimate of drug-likeness (QED) is 0.582. The number of nitrogens with one attached hydrogen (secondary N) is 2. The monoisotopic (exact) mass is 413 g/mol. The van der Waals surface area contributed by atoms with Crippen LogP contribution in [-0.4, -0.2) is 32.3 Å². The van der Waals surface area contributed by atoms with Gasteiger partial charge < -0.3 is 15.2 Å². The Hall–Kier alpha value is -3.20. The van der Waals surface area contributed by atoms with Crippen LogP contribution in [0.4, 0.5) is 10.1 Å². The minimum atomic E-state index is -0.408. The Kier molecular flexibility index (Phi) is 6.61. The lowest BCUT2D eigenvalue weighted by Crippen LogP contribution is -2.24. The number of carbonyl (C=O) groups is 2. The fourth-order valence-corrected chi connectivity index (χ4v) is 3.25. The first-order chi connectivity index (χ1) is 13.9. The van der Waals surface area contributed by atoms with Crippen LogP contribution in [0, 0.1) is 12.7 Å². The van der Waals surface area contributed by atoms with E-state index < -0.39 is 5.82 Å². The van der Waals surface area contributed by atoms with Gasteiger partial charge in [0.2, 0.25) is 5.91 Å². The van der Waals surface area contributed by atoms with E-state index in [0.29, 0.717) is 22.2 Å². The molecule has 1 heterocycles. The van der Waals surface area contributed by atoms with E-state index in [1.54, 1.807) is 48.9 Å². The van der Waals surface area contributed by atoms with Crippen LogP contribution in [0.2, 0.25) is 0 Å². The number of hydrogen-bond acceptors (Lipinski definition) is 5. The Morgan fingerprint density at radius 1 is 1.14 bits per heavy atom. The molecule has 0 saturated heterocycles. The van der Waals surface area contributed by atoms with E-state index in [0.717, 1.165) is 5.56 Å². The number of aryl methyl sites for hydroxylation is 1. The van der Waals surface area contributed by atoms with Crippen LogP contribution >= 0.6 is 11.8 Å². The average molecular weight is 413 g/mol. The van der Waals surface area contributed by atoms with Gasteiger partial charge in [-0.1, -0.05) is 36.0 Å². The molecule has 0 fully saturated rings. The van der Waals surface area contributed by atoms with Crippen LogP contribution in [0.3, 0.4) is 0 Å². The zero-order valence-corrected chi connectivity index (χ0v) is 16.8. The summed E-state index contributed by atoms with van der Waals surface area (Å²) >= 11 is 1.21. The van der Waals surface area contributed by atoms with Crippen molar-refractivity contribution >= 4 is 29.3 Å². The summed E-state index contributed by atoms with van der Waals surface area (Å²) in [5, 5.41) is 14.2. The van der Waals surface area contributed by atoms with Gasteiger partial charge in [0, 0.05) is 18.3 Å². The summed E-state index contributed by atoms with van der Waals surface area (Å²) in [5.74, 6) is -0.219. The third-order valence-electron chi connectivity index (χ3n) is 4.17. The van der Waals surface area contributed by atoms with Crippen molar-refractivity contribution in [1.29, 1.82) is 0 Å². The molecular formula is C20H20FN5O2S. The van der Waals surface area contributed by atoms with Crippen LogP contribution in [0.15, 0.2) is 53.7 Å². The third kappa shape index (κ3) is 5.41. The second kappa shape index (κ2) is 9.33. The van der Waals surface area contributed by atoms with E-state index in [9.17, 15) is 14.0 Å². The van der Waals surface area contributed by atoms with Crippen LogP contribution in [0.5, 0.6) is 0 Å². The first-order valence-corrected chi connectivity index (χ1v) is 9.83. The highest BCUT2D eigenvalue weighted by Crippen LogP contribution is 2.19. The lowest BCUT2D eigenvalue weighted by molar-refractivity contribution is -0.113. The Morgan fingerprint density at radius 2 is 1.90 bits per heavy atom. The fraction of sp³-hybridized carbons (Fsp3) is 0.200. The molecule has 2 N–H and O–H groups in total. The van der Waals surface area contributed by atoms with Gasteiger partial charge in [0.05, 0.1) is 12.3 Å². The number of hydrogen-bond donors (Lipinski definition) is 2. The number of aromatic nitrogens is 3. The summed E-state index contributed by atoms with van der Waals surface area (Å²) < 4.78 is 15.1. The second-order valence-electron chi connectivity index (χ2n) is 6.30. The summed E-state index contributed by atoms with van der Waals surface area (Å²) in [4.78, 5) is 24.3. The molecule has 0 spiro atoms. The fourth-order valence-electron chi connectivity index (χ4n) is 2.52. The summed E-state index contributed by atoms with van der Waals surface area (Å²) in [6.45, 7) is 2.01. The minimum absolute atomic E-state index is 0.0955. The number of thioether (sulfide) groups is 1. The molecule has 0 unspecified atom stereocenters. The molecule has 1 aromatic heterocycles. The molecular weight excluding hydrogens is 393 g/mol. The Morgan fingerprint density at radius 3 is 2.66 bits per heavy atom. The van der Waals surface area contributed by atoms with Crippen molar-refractivity contribution in [2.45, 2.75) is 18.6 Å². The molecule has 0 bridgehead atoms. The zero-order chi connectivity index (χ0) is 20.8. The third-order valence-corrected chi connectivity index (χ3v) is 5.19. The topological polar surface area (TPSA) is 88.9 Å². The van der Waals surface area contributed by atoms with Gasteiger partial charge in [0.1, 0.15) is 5.82 Å². The molecule has 0 atom stereocenters. The van der Waals surface area contributed by atoms with Crippen molar-refractivity contribution in [3.63, 3.8) is 0 Å². The van der Waals surface area contributed by atoms with Crippen molar-refractivity contribution < 1.29 is 14.0 Å². The van der Waals surface area contributed by atoms with E-state index in [1.165, 1.54) is 23.9 Å². The van der Waals surface area contributed by atoms with Crippen molar-refractivity contribution in [2.24, 2.45) is 7.05 Å². The van der Waals surface area contributed by atoms with Crippen molar-refractivity contribution in [1.82, 2.24) is 20.1 Å². The SMILES string of the molecule is Cc1ccc(F)cc1NC(=O)CSc1nnc(CNC(=O)c2ccccc2)n1C. The molecule has 0 aliphatic carbocycles. The number of nitrogens with zero attached hydrogens (tertiary/aromatic N) is 3. The zero-order valence-electron chi connectivity index (χ0n) is 16.0. The second-order valence-corrected chi connectivity index (χ2v) is 7.25. The number of carbonyl (C=O) groups excluding carboxylic acids is 2. The van der Waals surface area contributed by atoms with Crippen molar-refractivity contribution in [3.05, 3.63) is 71.3 Å². The van der Waals surface area contributed by atoms with Crippen LogP contribution in [0.1, 0.15) is 21.7 Å². The molecule has 2 amide bonds. The maximum absolute atomic E-state index is 13.3. The van der Waals surface area contributed by atoms with E-state index in [1.807, 2.05) is 6.07 Å². The molecule has 7 nitrogen and oxygen atoms in total. The largest absolute Gasteiger partial charge is 0.345 e. The molecule has 0 aliphatic heterocycles. The van der Waals surface area contributed by atoms with E-state index >= 15 is 0 Å². The Labute approximate surface area is 171 Å².